The zero-order valence-electron chi connectivity index (χ0n) is 11.8. The molecule has 0 heteroatoms. The minimum Gasteiger partial charge on any atom is -0.0622 e. The summed E-state index contributed by atoms with van der Waals surface area (Å²) in [5.41, 5.74) is 2.82. The molecule has 0 nitrogen and oxygen atoms in total. The van der Waals surface area contributed by atoms with Crippen LogP contribution in [0.1, 0.15) is 18.1 Å². The Morgan fingerprint density at radius 1 is 0.700 bits per heavy atom. The van der Waals surface area contributed by atoms with E-state index in [9.17, 15) is 0 Å². The minimum atomic E-state index is 1.05. The Kier molecular flexibility index (Phi) is 3.83. The summed E-state index contributed by atoms with van der Waals surface area (Å²) in [6.45, 7) is 2.26. The highest BCUT2D eigenvalue weighted by molar-refractivity contribution is 5.85. The highest BCUT2D eigenvalue weighted by Crippen LogP contribution is 2.23. The number of hydrogen-bond donors (Lipinski definition) is 0. The lowest BCUT2D eigenvalue weighted by Crippen LogP contribution is -2.02. The summed E-state index contributed by atoms with van der Waals surface area (Å²) < 4.78 is 0. The summed E-state index contributed by atoms with van der Waals surface area (Å²) in [6, 6.07) is 25.9. The Balaban J connectivity index is 1.79. The third kappa shape index (κ3) is 2.91. The topological polar surface area (TPSA) is 0 Å². The maximum absolute atomic E-state index is 2.26. The largest absolute Gasteiger partial charge is 0.0622 e. The van der Waals surface area contributed by atoms with Crippen molar-refractivity contribution in [2.75, 3.05) is 0 Å². The molecule has 0 atom stereocenters. The van der Waals surface area contributed by atoms with Crippen LogP contribution in [-0.2, 0) is 12.8 Å². The molecule has 0 N–H and O–H groups in total. The molecule has 1 radical (unpaired) electrons. The summed E-state index contributed by atoms with van der Waals surface area (Å²) in [5, 5.41) is 2.71. The van der Waals surface area contributed by atoms with Crippen LogP contribution < -0.4 is 0 Å². The quantitative estimate of drug-likeness (QED) is 0.602. The second-order valence-electron chi connectivity index (χ2n) is 5.43. The smallest absolute Gasteiger partial charge is 0.0152 e. The lowest BCUT2D eigenvalue weighted by atomic mass is 9.92. The van der Waals surface area contributed by atoms with E-state index in [0.29, 0.717) is 0 Å². The molecule has 99 valence electrons. The normalized spacial score (nSPS) is 11.1. The maximum Gasteiger partial charge on any atom is -0.0152 e. The highest BCUT2D eigenvalue weighted by Gasteiger charge is 2.08. The molecule has 0 bridgehead atoms. The Morgan fingerprint density at radius 3 is 2.25 bits per heavy atom. The van der Waals surface area contributed by atoms with Crippen LogP contribution in [0.15, 0.2) is 72.8 Å². The van der Waals surface area contributed by atoms with Crippen LogP contribution in [0.4, 0.5) is 0 Å². The van der Waals surface area contributed by atoms with Crippen LogP contribution in [0, 0.1) is 5.92 Å². The first-order chi connectivity index (χ1) is 9.83. The average Bonchev–Trinajstić information content (AvgIpc) is 2.48. The lowest BCUT2D eigenvalue weighted by molar-refractivity contribution is 0.869. The van der Waals surface area contributed by atoms with E-state index in [1.165, 1.54) is 27.8 Å². The van der Waals surface area contributed by atoms with Crippen molar-refractivity contribution in [3.8, 4) is 0 Å². The Morgan fingerprint density at radius 2 is 1.40 bits per heavy atom. The second-order valence-corrected chi connectivity index (χ2v) is 5.43. The molecule has 3 aromatic carbocycles. The van der Waals surface area contributed by atoms with Gasteiger partial charge in [0.15, 0.2) is 0 Å². The fourth-order valence-electron chi connectivity index (χ4n) is 2.78. The van der Waals surface area contributed by atoms with Crippen LogP contribution in [0.3, 0.4) is 0 Å². The molecule has 0 fully saturated rings. The van der Waals surface area contributed by atoms with Gasteiger partial charge in [0, 0.05) is 0 Å². The molecular formula is C20H19. The van der Waals surface area contributed by atoms with Gasteiger partial charge in [-0.2, -0.15) is 0 Å². The molecule has 20 heavy (non-hydrogen) atoms. The molecular weight excluding hydrogens is 240 g/mol. The predicted molar refractivity (Wildman–Crippen MR) is 86.7 cm³/mol. The van der Waals surface area contributed by atoms with Gasteiger partial charge in [-0.3, -0.25) is 0 Å². The number of hydrogen-bond acceptors (Lipinski definition) is 0. The minimum absolute atomic E-state index is 1.05. The lowest BCUT2D eigenvalue weighted by Gasteiger charge is -2.13. The molecule has 0 spiro atoms. The van der Waals surface area contributed by atoms with E-state index in [1.807, 2.05) is 0 Å². The molecule has 0 amide bonds. The van der Waals surface area contributed by atoms with Crippen molar-refractivity contribution in [2.45, 2.75) is 19.8 Å². The fraction of sp³-hybridized carbons (Fsp3) is 0.150. The van der Waals surface area contributed by atoms with Gasteiger partial charge >= 0.3 is 0 Å². The van der Waals surface area contributed by atoms with Gasteiger partial charge < -0.3 is 0 Å². The highest BCUT2D eigenvalue weighted by atomic mass is 14.1. The van der Waals surface area contributed by atoms with Crippen molar-refractivity contribution in [3.63, 3.8) is 0 Å². The van der Waals surface area contributed by atoms with E-state index in [1.54, 1.807) is 0 Å². The Labute approximate surface area is 121 Å². The van der Waals surface area contributed by atoms with E-state index in [0.717, 1.165) is 12.8 Å². The first-order valence-electron chi connectivity index (χ1n) is 7.15. The zero-order chi connectivity index (χ0) is 13.8. The number of benzene rings is 3. The van der Waals surface area contributed by atoms with Crippen LogP contribution in [0.2, 0.25) is 0 Å². The molecule has 0 saturated heterocycles. The van der Waals surface area contributed by atoms with Crippen LogP contribution in [0.25, 0.3) is 10.8 Å². The van der Waals surface area contributed by atoms with Crippen molar-refractivity contribution in [1.29, 1.82) is 0 Å². The molecule has 0 aliphatic carbocycles. The van der Waals surface area contributed by atoms with Crippen LogP contribution in [-0.4, -0.2) is 0 Å². The third-order valence-corrected chi connectivity index (χ3v) is 3.72. The predicted octanol–water partition coefficient (Wildman–Crippen LogP) is 5.22. The number of fused-ring (bicyclic) bond motifs is 1. The number of rotatable bonds is 4. The summed E-state index contributed by atoms with van der Waals surface area (Å²) in [7, 11) is 0. The molecule has 0 heterocycles. The van der Waals surface area contributed by atoms with Crippen molar-refractivity contribution < 1.29 is 0 Å². The van der Waals surface area contributed by atoms with Crippen molar-refractivity contribution >= 4 is 10.8 Å². The zero-order valence-corrected chi connectivity index (χ0v) is 11.8. The third-order valence-electron chi connectivity index (χ3n) is 3.72. The summed E-state index contributed by atoms with van der Waals surface area (Å²) in [6.07, 6.45) is 2.11. The van der Waals surface area contributed by atoms with Gasteiger partial charge in [-0.05, 0) is 40.7 Å². The van der Waals surface area contributed by atoms with Crippen molar-refractivity contribution in [3.05, 3.63) is 89.8 Å². The monoisotopic (exact) mass is 259 g/mol. The maximum atomic E-state index is 2.26. The molecule has 0 unspecified atom stereocenters. The van der Waals surface area contributed by atoms with Gasteiger partial charge in [0.1, 0.15) is 0 Å². The van der Waals surface area contributed by atoms with E-state index < -0.39 is 0 Å². The molecule has 3 rings (SSSR count). The molecule has 3 aromatic rings. The van der Waals surface area contributed by atoms with Crippen molar-refractivity contribution in [1.82, 2.24) is 0 Å². The van der Waals surface area contributed by atoms with Crippen molar-refractivity contribution in [2.24, 2.45) is 0 Å². The summed E-state index contributed by atoms with van der Waals surface area (Å²) in [4.78, 5) is 0. The van der Waals surface area contributed by atoms with E-state index >= 15 is 0 Å². The van der Waals surface area contributed by atoms with E-state index in [2.05, 4.69) is 79.7 Å². The second kappa shape index (κ2) is 5.92. The molecule has 0 saturated carbocycles. The Bertz CT molecular complexity index is 677. The first-order valence-corrected chi connectivity index (χ1v) is 7.15. The van der Waals surface area contributed by atoms with Crippen LogP contribution in [0.5, 0.6) is 0 Å². The SMILES string of the molecule is C[C](Cc1ccccc1)Cc1cccc2ccccc12. The van der Waals surface area contributed by atoms with Crippen LogP contribution >= 0.6 is 0 Å². The summed E-state index contributed by atoms with van der Waals surface area (Å²) >= 11 is 0. The fourth-order valence-corrected chi connectivity index (χ4v) is 2.78. The van der Waals surface area contributed by atoms with Gasteiger partial charge in [-0.1, -0.05) is 79.7 Å². The van der Waals surface area contributed by atoms with Gasteiger partial charge in [0.05, 0.1) is 0 Å². The standard InChI is InChI=1S/C20H19/c1-16(14-17-8-3-2-4-9-17)15-19-12-7-11-18-10-5-6-13-20(18)19/h2-13H,14-15H2,1H3. The molecule has 0 aliphatic heterocycles. The van der Waals surface area contributed by atoms with E-state index in [-0.39, 0.29) is 0 Å². The van der Waals surface area contributed by atoms with Gasteiger partial charge in [-0.25, -0.2) is 0 Å². The average molecular weight is 259 g/mol. The first kappa shape index (κ1) is 12.9. The van der Waals surface area contributed by atoms with Gasteiger partial charge in [0.2, 0.25) is 0 Å². The van der Waals surface area contributed by atoms with Gasteiger partial charge in [-0.15, -0.1) is 0 Å². The van der Waals surface area contributed by atoms with E-state index in [4.69, 9.17) is 0 Å². The summed E-state index contributed by atoms with van der Waals surface area (Å²) in [5.74, 6) is 1.51. The molecule has 0 aliphatic rings. The Hall–Kier alpha value is -2.08. The van der Waals surface area contributed by atoms with Gasteiger partial charge in [0.25, 0.3) is 0 Å². The molecule has 0 aromatic heterocycles.